The van der Waals surface area contributed by atoms with Gasteiger partial charge in [-0.25, -0.2) is 8.78 Å². The number of benzene rings is 1. The molecule has 92 valence electrons. The molecule has 0 saturated heterocycles. The first-order valence-electron chi connectivity index (χ1n) is 5.08. The second kappa shape index (κ2) is 5.79. The normalized spacial score (nSPS) is 12.1. The molecule has 3 nitrogen and oxygen atoms in total. The fourth-order valence-electron chi connectivity index (χ4n) is 1.35. The maximum Gasteiger partial charge on any atom is 0.492 e. The molecule has 0 aliphatic rings. The smallest absolute Gasteiger partial charge is 0.491 e. The van der Waals surface area contributed by atoms with E-state index in [-0.39, 0.29) is 17.3 Å². The lowest BCUT2D eigenvalue weighted by atomic mass is 9.79. The van der Waals surface area contributed by atoms with Crippen molar-refractivity contribution in [2.45, 2.75) is 19.4 Å². The van der Waals surface area contributed by atoms with Gasteiger partial charge in [-0.2, -0.15) is 0 Å². The van der Waals surface area contributed by atoms with Gasteiger partial charge in [0.15, 0.2) is 11.6 Å². The lowest BCUT2D eigenvalue weighted by Crippen LogP contribution is -2.33. The predicted octanol–water partition coefficient (Wildman–Crippen LogP) is 0.988. The quantitative estimate of drug-likeness (QED) is 0.597. The van der Waals surface area contributed by atoms with Crippen LogP contribution in [0.1, 0.15) is 13.3 Å². The second-order valence-electron chi connectivity index (χ2n) is 3.63. The highest BCUT2D eigenvalue weighted by atomic mass is 19.2. The van der Waals surface area contributed by atoms with Crippen molar-refractivity contribution in [2.75, 3.05) is 0 Å². The van der Waals surface area contributed by atoms with Gasteiger partial charge in [-0.3, -0.25) is 0 Å². The van der Waals surface area contributed by atoms with E-state index in [0.29, 0.717) is 12.5 Å². The molecule has 0 aliphatic heterocycles. The average Bonchev–Trinajstić information content (AvgIpc) is 2.23. The molecule has 2 N–H and O–H groups in total. The minimum Gasteiger partial charge on any atom is -0.491 e. The highest BCUT2D eigenvalue weighted by Gasteiger charge is 2.21. The average molecular weight is 242 g/mol. The van der Waals surface area contributed by atoms with Crippen LogP contribution < -0.4 is 10.2 Å². The Labute approximate surface area is 98.5 Å². The van der Waals surface area contributed by atoms with E-state index in [1.54, 1.807) is 13.0 Å². The summed E-state index contributed by atoms with van der Waals surface area (Å²) in [4.78, 5) is 0. The van der Waals surface area contributed by atoms with Gasteiger partial charge in [0.05, 0.1) is 6.10 Å². The third-order valence-corrected chi connectivity index (χ3v) is 2.16. The van der Waals surface area contributed by atoms with E-state index in [4.69, 9.17) is 14.8 Å². The predicted molar refractivity (Wildman–Crippen MR) is 61.1 cm³/mol. The van der Waals surface area contributed by atoms with Crippen LogP contribution in [0, 0.1) is 11.6 Å². The summed E-state index contributed by atoms with van der Waals surface area (Å²) in [5.41, 5.74) is -0.209. The molecule has 1 aromatic carbocycles. The molecule has 0 fully saturated rings. The largest absolute Gasteiger partial charge is 0.492 e. The van der Waals surface area contributed by atoms with Crippen molar-refractivity contribution in [3.8, 4) is 5.75 Å². The van der Waals surface area contributed by atoms with Gasteiger partial charge in [0, 0.05) is 17.9 Å². The Morgan fingerprint density at radius 1 is 1.41 bits per heavy atom. The molecule has 1 aromatic rings. The molecule has 0 aromatic heterocycles. The van der Waals surface area contributed by atoms with Crippen LogP contribution in [0.2, 0.25) is 0 Å². The Bertz CT molecular complexity index is 410. The van der Waals surface area contributed by atoms with Crippen molar-refractivity contribution in [2.24, 2.45) is 0 Å². The molecule has 0 amide bonds. The van der Waals surface area contributed by atoms with Crippen molar-refractivity contribution in [3.05, 3.63) is 36.4 Å². The molecule has 0 spiro atoms. The van der Waals surface area contributed by atoms with E-state index < -0.39 is 18.8 Å². The van der Waals surface area contributed by atoms with Crippen LogP contribution in [-0.4, -0.2) is 23.3 Å². The number of hydrogen-bond acceptors (Lipinski definition) is 3. The maximum absolute atomic E-state index is 13.0. The van der Waals surface area contributed by atoms with Crippen LogP contribution in [0.5, 0.6) is 5.75 Å². The fourth-order valence-corrected chi connectivity index (χ4v) is 1.35. The Hall–Kier alpha value is -1.40. The number of hydrogen-bond donors (Lipinski definition) is 2. The van der Waals surface area contributed by atoms with Crippen molar-refractivity contribution < 1.29 is 23.6 Å². The first-order valence-corrected chi connectivity index (χ1v) is 5.08. The van der Waals surface area contributed by atoms with Gasteiger partial charge >= 0.3 is 7.12 Å². The summed E-state index contributed by atoms with van der Waals surface area (Å²) in [6.45, 7) is 5.22. The van der Waals surface area contributed by atoms with Crippen molar-refractivity contribution in [1.82, 2.24) is 0 Å². The summed E-state index contributed by atoms with van der Waals surface area (Å²) in [6, 6.07) is 1.50. The van der Waals surface area contributed by atoms with Gasteiger partial charge in [0.1, 0.15) is 5.75 Å². The van der Waals surface area contributed by atoms with Gasteiger partial charge in [-0.05, 0) is 13.0 Å². The van der Waals surface area contributed by atoms with E-state index >= 15 is 0 Å². The summed E-state index contributed by atoms with van der Waals surface area (Å²) in [5, 5.41) is 18.1. The van der Waals surface area contributed by atoms with Crippen LogP contribution >= 0.6 is 0 Å². The minimum atomic E-state index is -1.92. The molecule has 17 heavy (non-hydrogen) atoms. The van der Waals surface area contributed by atoms with Crippen LogP contribution in [0.4, 0.5) is 8.78 Å². The molecule has 0 radical (unpaired) electrons. The molecule has 0 saturated carbocycles. The standard InChI is InChI=1S/C11H13BF2O3/c1-3-4-7(2)17-11-6-10(14)9(13)5-8(11)12(15)16/h3,5-7,15-16H,1,4H2,2H3/t7-/m0/s1. The summed E-state index contributed by atoms with van der Waals surface area (Å²) < 4.78 is 31.2. The van der Waals surface area contributed by atoms with Crippen LogP contribution in [-0.2, 0) is 0 Å². The van der Waals surface area contributed by atoms with Crippen LogP contribution in [0.15, 0.2) is 24.8 Å². The highest BCUT2D eigenvalue weighted by Crippen LogP contribution is 2.16. The molecule has 0 aliphatic carbocycles. The molecule has 1 rings (SSSR count). The fraction of sp³-hybridized carbons (Fsp3) is 0.273. The number of halogens is 2. The van der Waals surface area contributed by atoms with Crippen molar-refractivity contribution >= 4 is 12.6 Å². The lowest BCUT2D eigenvalue weighted by molar-refractivity contribution is 0.225. The molecule has 0 unspecified atom stereocenters. The van der Waals surface area contributed by atoms with Crippen LogP contribution in [0.25, 0.3) is 0 Å². The van der Waals surface area contributed by atoms with Gasteiger partial charge in [-0.15, -0.1) is 6.58 Å². The third-order valence-electron chi connectivity index (χ3n) is 2.16. The number of ether oxygens (including phenoxy) is 1. The third kappa shape index (κ3) is 3.54. The molecule has 1 atom stereocenters. The first-order chi connectivity index (χ1) is 7.95. The second-order valence-corrected chi connectivity index (χ2v) is 3.63. The SMILES string of the molecule is C=CC[C@H](C)Oc1cc(F)c(F)cc1B(O)O. The Kier molecular flexibility index (Phi) is 4.66. The zero-order valence-electron chi connectivity index (χ0n) is 9.36. The van der Waals surface area contributed by atoms with Gasteiger partial charge in [0.25, 0.3) is 0 Å². The Morgan fingerprint density at radius 2 is 2.00 bits per heavy atom. The summed E-state index contributed by atoms with van der Waals surface area (Å²) in [7, 11) is -1.92. The summed E-state index contributed by atoms with van der Waals surface area (Å²) in [6.07, 6.45) is 1.79. The van der Waals surface area contributed by atoms with E-state index in [9.17, 15) is 8.78 Å². The van der Waals surface area contributed by atoms with E-state index in [1.807, 2.05) is 0 Å². The van der Waals surface area contributed by atoms with E-state index in [1.165, 1.54) is 0 Å². The zero-order chi connectivity index (χ0) is 13.0. The van der Waals surface area contributed by atoms with E-state index in [0.717, 1.165) is 6.07 Å². The summed E-state index contributed by atoms with van der Waals surface area (Å²) in [5.74, 6) is -2.35. The van der Waals surface area contributed by atoms with Gasteiger partial charge < -0.3 is 14.8 Å². The Balaban J connectivity index is 3.03. The van der Waals surface area contributed by atoms with Crippen molar-refractivity contribution in [1.29, 1.82) is 0 Å². The maximum atomic E-state index is 13.0. The first kappa shape index (κ1) is 13.7. The monoisotopic (exact) mass is 242 g/mol. The molecule has 6 heteroatoms. The van der Waals surface area contributed by atoms with Gasteiger partial charge in [0.2, 0.25) is 0 Å². The molecular formula is C11H13BF2O3. The molecular weight excluding hydrogens is 229 g/mol. The van der Waals surface area contributed by atoms with Crippen molar-refractivity contribution in [3.63, 3.8) is 0 Å². The summed E-state index contributed by atoms with van der Waals surface area (Å²) >= 11 is 0. The van der Waals surface area contributed by atoms with Crippen LogP contribution in [0.3, 0.4) is 0 Å². The topological polar surface area (TPSA) is 49.7 Å². The lowest BCUT2D eigenvalue weighted by Gasteiger charge is -2.16. The zero-order valence-corrected chi connectivity index (χ0v) is 9.36. The minimum absolute atomic E-state index is 0.0896. The van der Waals surface area contributed by atoms with E-state index in [2.05, 4.69) is 6.58 Å². The molecule has 0 bridgehead atoms. The molecule has 0 heterocycles. The van der Waals surface area contributed by atoms with Gasteiger partial charge in [-0.1, -0.05) is 6.08 Å². The Morgan fingerprint density at radius 3 is 2.53 bits per heavy atom. The number of rotatable bonds is 5. The highest BCUT2D eigenvalue weighted by molar-refractivity contribution is 6.59.